The van der Waals surface area contributed by atoms with Gasteiger partial charge in [0.05, 0.1) is 30.3 Å². The first-order valence-electron chi connectivity index (χ1n) is 10.3. The predicted octanol–water partition coefficient (Wildman–Crippen LogP) is 5.08. The van der Waals surface area contributed by atoms with E-state index in [1.54, 1.807) is 0 Å². The third kappa shape index (κ3) is 4.94. The highest BCUT2D eigenvalue weighted by molar-refractivity contribution is 7.99. The molecule has 1 atom stereocenters. The molecule has 1 N–H and O–H groups in total. The Morgan fingerprint density at radius 2 is 2.07 bits per heavy atom. The number of hydrogen-bond acceptors (Lipinski definition) is 4. The van der Waals surface area contributed by atoms with Crippen molar-refractivity contribution in [3.63, 3.8) is 0 Å². The number of thioether (sulfide) groups is 1. The number of hydrogen-bond donors (Lipinski definition) is 1. The molecule has 0 aliphatic carbocycles. The van der Waals surface area contributed by atoms with E-state index in [1.807, 2.05) is 50.4 Å². The topological polar surface area (TPSA) is 56.2 Å². The van der Waals surface area contributed by atoms with Gasteiger partial charge in [0, 0.05) is 12.3 Å². The number of carbonyl (C=O) groups excluding carboxylic acids is 1. The van der Waals surface area contributed by atoms with Gasteiger partial charge < -0.3 is 14.6 Å². The fourth-order valence-electron chi connectivity index (χ4n) is 3.75. The molecule has 0 bridgehead atoms. The third-order valence-electron chi connectivity index (χ3n) is 5.29. The molecule has 3 aromatic rings. The number of ether oxygens (including phenoxy) is 1. The first kappa shape index (κ1) is 20.7. The summed E-state index contributed by atoms with van der Waals surface area (Å²) in [5.41, 5.74) is 5.29. The van der Waals surface area contributed by atoms with Crippen molar-refractivity contribution in [3.8, 4) is 11.3 Å². The second kappa shape index (κ2) is 9.49. The molecule has 6 heteroatoms. The smallest absolute Gasteiger partial charge is 0.234 e. The van der Waals surface area contributed by atoms with Crippen LogP contribution in [-0.4, -0.2) is 33.9 Å². The first-order chi connectivity index (χ1) is 14.6. The number of rotatable bonds is 7. The quantitative estimate of drug-likeness (QED) is 0.541. The van der Waals surface area contributed by atoms with E-state index in [0.717, 1.165) is 53.7 Å². The Bertz CT molecular complexity index is 1010. The molecule has 0 saturated carbocycles. The molecule has 1 amide bonds. The molecule has 1 fully saturated rings. The lowest BCUT2D eigenvalue weighted by molar-refractivity contribution is -0.113. The Labute approximate surface area is 181 Å². The molecule has 2 aromatic carbocycles. The van der Waals surface area contributed by atoms with Gasteiger partial charge in [0.15, 0.2) is 5.16 Å². The number of amides is 1. The summed E-state index contributed by atoms with van der Waals surface area (Å²) in [4.78, 5) is 17.2. The number of benzene rings is 2. The fourth-order valence-corrected chi connectivity index (χ4v) is 4.54. The van der Waals surface area contributed by atoms with Crippen LogP contribution in [0.3, 0.4) is 0 Å². The van der Waals surface area contributed by atoms with Gasteiger partial charge >= 0.3 is 0 Å². The normalized spacial score (nSPS) is 16.0. The van der Waals surface area contributed by atoms with Crippen LogP contribution >= 0.6 is 11.8 Å². The van der Waals surface area contributed by atoms with Crippen molar-refractivity contribution in [1.29, 1.82) is 0 Å². The molecular weight excluding hydrogens is 394 g/mol. The first-order valence-corrected chi connectivity index (χ1v) is 11.3. The van der Waals surface area contributed by atoms with Crippen LogP contribution in [0.25, 0.3) is 11.3 Å². The van der Waals surface area contributed by atoms with Crippen LogP contribution in [0.5, 0.6) is 0 Å². The van der Waals surface area contributed by atoms with Gasteiger partial charge in [-0.15, -0.1) is 0 Å². The lowest BCUT2D eigenvalue weighted by atomic mass is 10.1. The minimum atomic E-state index is -0.0279. The summed E-state index contributed by atoms with van der Waals surface area (Å²) in [5, 5.41) is 3.86. The molecular formula is C24H27N3O2S. The van der Waals surface area contributed by atoms with E-state index in [2.05, 4.69) is 33.1 Å². The Hall–Kier alpha value is -2.57. The highest BCUT2D eigenvalue weighted by atomic mass is 32.2. The van der Waals surface area contributed by atoms with E-state index in [9.17, 15) is 4.79 Å². The zero-order valence-corrected chi connectivity index (χ0v) is 18.2. The molecule has 1 aromatic heterocycles. The number of imidazole rings is 1. The number of aromatic nitrogens is 2. The van der Waals surface area contributed by atoms with Gasteiger partial charge in [-0.2, -0.15) is 0 Å². The molecule has 1 saturated heterocycles. The molecule has 1 unspecified atom stereocenters. The SMILES string of the molecule is Cc1ccc(NC(=O)CSc2ncc(-c3ccccc3)n2CC2CCCO2)c(C)c1. The maximum atomic E-state index is 12.6. The lowest BCUT2D eigenvalue weighted by Gasteiger charge is -2.16. The zero-order chi connectivity index (χ0) is 20.9. The van der Waals surface area contributed by atoms with Crippen molar-refractivity contribution in [2.45, 2.75) is 44.5 Å². The zero-order valence-electron chi connectivity index (χ0n) is 17.4. The van der Waals surface area contributed by atoms with E-state index in [1.165, 1.54) is 17.3 Å². The van der Waals surface area contributed by atoms with Crippen LogP contribution in [0.4, 0.5) is 5.69 Å². The summed E-state index contributed by atoms with van der Waals surface area (Å²) in [6, 6.07) is 16.3. The van der Waals surface area contributed by atoms with Crippen molar-refractivity contribution < 1.29 is 9.53 Å². The molecule has 2 heterocycles. The fraction of sp³-hybridized carbons (Fsp3) is 0.333. The van der Waals surface area contributed by atoms with Gasteiger partial charge in [-0.3, -0.25) is 4.79 Å². The van der Waals surface area contributed by atoms with Gasteiger partial charge in [0.2, 0.25) is 5.91 Å². The maximum absolute atomic E-state index is 12.6. The Morgan fingerprint density at radius 1 is 1.23 bits per heavy atom. The van der Waals surface area contributed by atoms with E-state index < -0.39 is 0 Å². The summed E-state index contributed by atoms with van der Waals surface area (Å²) in [6.45, 7) is 5.63. The molecule has 4 rings (SSSR count). The summed E-state index contributed by atoms with van der Waals surface area (Å²) >= 11 is 1.47. The van der Waals surface area contributed by atoms with Gasteiger partial charge in [0.25, 0.3) is 0 Å². The van der Waals surface area contributed by atoms with Crippen molar-refractivity contribution in [2.75, 3.05) is 17.7 Å². The number of anilines is 1. The second-order valence-electron chi connectivity index (χ2n) is 7.69. The average molecular weight is 422 g/mol. The largest absolute Gasteiger partial charge is 0.376 e. The summed E-state index contributed by atoms with van der Waals surface area (Å²) in [6.07, 6.45) is 4.25. The Morgan fingerprint density at radius 3 is 2.80 bits per heavy atom. The molecule has 1 aliphatic heterocycles. The van der Waals surface area contributed by atoms with Crippen molar-refractivity contribution >= 4 is 23.4 Å². The lowest BCUT2D eigenvalue weighted by Crippen LogP contribution is -2.18. The van der Waals surface area contributed by atoms with E-state index >= 15 is 0 Å². The molecule has 0 spiro atoms. The third-order valence-corrected chi connectivity index (χ3v) is 6.28. The second-order valence-corrected chi connectivity index (χ2v) is 8.64. The van der Waals surface area contributed by atoms with E-state index in [0.29, 0.717) is 5.75 Å². The molecule has 0 radical (unpaired) electrons. The monoisotopic (exact) mass is 421 g/mol. The minimum Gasteiger partial charge on any atom is -0.376 e. The molecule has 5 nitrogen and oxygen atoms in total. The summed E-state index contributed by atoms with van der Waals surface area (Å²) in [5.74, 6) is 0.282. The van der Waals surface area contributed by atoms with Crippen molar-refractivity contribution in [1.82, 2.24) is 9.55 Å². The minimum absolute atomic E-state index is 0.0279. The Kier molecular flexibility index (Phi) is 6.55. The molecule has 156 valence electrons. The van der Waals surface area contributed by atoms with Crippen LogP contribution < -0.4 is 5.32 Å². The van der Waals surface area contributed by atoms with Crippen LogP contribution in [0.15, 0.2) is 59.9 Å². The van der Waals surface area contributed by atoms with Gasteiger partial charge in [-0.05, 0) is 43.9 Å². The number of carbonyl (C=O) groups is 1. The van der Waals surface area contributed by atoms with Crippen LogP contribution in [-0.2, 0) is 16.1 Å². The Balaban J connectivity index is 1.48. The average Bonchev–Trinajstić information content (AvgIpc) is 3.40. The molecule has 30 heavy (non-hydrogen) atoms. The molecule has 1 aliphatic rings. The van der Waals surface area contributed by atoms with E-state index in [4.69, 9.17) is 4.74 Å². The van der Waals surface area contributed by atoms with Crippen molar-refractivity contribution in [2.24, 2.45) is 0 Å². The van der Waals surface area contributed by atoms with Gasteiger partial charge in [-0.25, -0.2) is 4.98 Å². The summed E-state index contributed by atoms with van der Waals surface area (Å²) in [7, 11) is 0. The highest BCUT2D eigenvalue weighted by Crippen LogP contribution is 2.28. The van der Waals surface area contributed by atoms with Crippen molar-refractivity contribution in [3.05, 3.63) is 65.9 Å². The number of nitrogens with one attached hydrogen (secondary N) is 1. The maximum Gasteiger partial charge on any atom is 0.234 e. The van der Waals surface area contributed by atoms with Crippen LogP contribution in [0.2, 0.25) is 0 Å². The number of aryl methyl sites for hydroxylation is 2. The summed E-state index contributed by atoms with van der Waals surface area (Å²) < 4.78 is 8.06. The predicted molar refractivity (Wildman–Crippen MR) is 122 cm³/mol. The van der Waals surface area contributed by atoms with Gasteiger partial charge in [0.1, 0.15) is 0 Å². The number of nitrogens with zero attached hydrogens (tertiary/aromatic N) is 2. The standard InChI is InChI=1S/C24H27N3O2S/c1-17-10-11-21(18(2)13-17)26-23(28)16-30-24-25-14-22(19-7-4-3-5-8-19)27(24)15-20-9-6-12-29-20/h3-5,7-8,10-11,13-14,20H,6,9,12,15-16H2,1-2H3,(H,26,28). The van der Waals surface area contributed by atoms with E-state index in [-0.39, 0.29) is 12.0 Å². The van der Waals surface area contributed by atoms with Crippen LogP contribution in [0, 0.1) is 13.8 Å². The van der Waals surface area contributed by atoms with Gasteiger partial charge in [-0.1, -0.05) is 59.8 Å². The highest BCUT2D eigenvalue weighted by Gasteiger charge is 2.21. The van der Waals surface area contributed by atoms with Crippen LogP contribution in [0.1, 0.15) is 24.0 Å².